The van der Waals surface area contributed by atoms with Crippen molar-refractivity contribution in [3.05, 3.63) is 28.3 Å². The number of likely N-dealkylation sites (tertiary alicyclic amines) is 1. The molecule has 1 unspecified atom stereocenters. The zero-order chi connectivity index (χ0) is 16.4. The van der Waals surface area contributed by atoms with E-state index in [0.29, 0.717) is 24.4 Å². The van der Waals surface area contributed by atoms with Crippen LogP contribution in [0.5, 0.6) is 5.75 Å². The molecule has 1 fully saturated rings. The summed E-state index contributed by atoms with van der Waals surface area (Å²) in [6, 6.07) is 4.44. The predicted molar refractivity (Wildman–Crippen MR) is 85.8 cm³/mol. The summed E-state index contributed by atoms with van der Waals surface area (Å²) < 4.78 is 5.70. The molecule has 1 aromatic carbocycles. The topological polar surface area (TPSA) is 75.9 Å². The Balaban J connectivity index is 1.86. The van der Waals surface area contributed by atoms with E-state index in [2.05, 4.69) is 4.90 Å². The monoisotopic (exact) mass is 319 g/mol. The summed E-state index contributed by atoms with van der Waals surface area (Å²) in [5.41, 5.74) is 0.481. The first-order chi connectivity index (χ1) is 11.1. The van der Waals surface area contributed by atoms with Gasteiger partial charge in [-0.2, -0.15) is 0 Å². The number of non-ortho nitro benzene ring substituents is 1. The maximum atomic E-state index is 12.6. The fourth-order valence-electron chi connectivity index (χ4n) is 3.16. The highest BCUT2D eigenvalue weighted by atomic mass is 16.6. The molecular weight excluding hydrogens is 298 g/mol. The van der Waals surface area contributed by atoms with Gasteiger partial charge in [-0.05, 0) is 38.4 Å². The molecule has 0 bridgehead atoms. The van der Waals surface area contributed by atoms with Gasteiger partial charge in [-0.25, -0.2) is 0 Å². The fourth-order valence-corrected chi connectivity index (χ4v) is 3.16. The van der Waals surface area contributed by atoms with Crippen LogP contribution in [0.15, 0.2) is 18.2 Å². The molecule has 1 atom stereocenters. The van der Waals surface area contributed by atoms with E-state index < -0.39 is 11.0 Å². The lowest BCUT2D eigenvalue weighted by molar-refractivity contribution is -0.384. The van der Waals surface area contributed by atoms with Crippen LogP contribution in [-0.2, 0) is 4.79 Å². The number of rotatable bonds is 5. The molecule has 0 aliphatic carbocycles. The van der Waals surface area contributed by atoms with Gasteiger partial charge in [-0.3, -0.25) is 14.9 Å². The van der Waals surface area contributed by atoms with Crippen molar-refractivity contribution in [3.63, 3.8) is 0 Å². The van der Waals surface area contributed by atoms with Crippen LogP contribution in [0.3, 0.4) is 0 Å². The highest BCUT2D eigenvalue weighted by Crippen LogP contribution is 2.37. The standard InChI is InChI=1S/C16H21N3O4/c1-2-14-16(20)18(10-9-17-7-3-4-8-17)13-11-12(19(21)22)5-6-15(13)23-14/h5-6,11,14H,2-4,7-10H2,1H3. The maximum Gasteiger partial charge on any atom is 0.271 e. The van der Waals surface area contributed by atoms with E-state index in [-0.39, 0.29) is 11.6 Å². The minimum Gasteiger partial charge on any atom is -0.478 e. The zero-order valence-electron chi connectivity index (χ0n) is 13.2. The van der Waals surface area contributed by atoms with Crippen molar-refractivity contribution in [2.24, 2.45) is 0 Å². The lowest BCUT2D eigenvalue weighted by atomic mass is 10.1. The first-order valence-electron chi connectivity index (χ1n) is 8.09. The van der Waals surface area contributed by atoms with E-state index in [1.165, 1.54) is 25.0 Å². The summed E-state index contributed by atoms with van der Waals surface area (Å²) in [4.78, 5) is 27.2. The van der Waals surface area contributed by atoms with E-state index >= 15 is 0 Å². The largest absolute Gasteiger partial charge is 0.478 e. The molecule has 2 heterocycles. The van der Waals surface area contributed by atoms with Crippen LogP contribution in [-0.4, -0.2) is 48.0 Å². The van der Waals surface area contributed by atoms with E-state index in [0.717, 1.165) is 19.6 Å². The number of benzene rings is 1. The Hall–Kier alpha value is -2.15. The number of fused-ring (bicyclic) bond motifs is 1. The highest BCUT2D eigenvalue weighted by Gasteiger charge is 2.34. The van der Waals surface area contributed by atoms with E-state index in [4.69, 9.17) is 4.74 Å². The first-order valence-corrected chi connectivity index (χ1v) is 8.09. The number of hydrogen-bond acceptors (Lipinski definition) is 5. The molecule has 0 N–H and O–H groups in total. The summed E-state index contributed by atoms with van der Waals surface area (Å²) in [5, 5.41) is 11.0. The lowest BCUT2D eigenvalue weighted by Gasteiger charge is -2.34. The molecule has 0 saturated carbocycles. The minimum absolute atomic E-state index is 0.0266. The SMILES string of the molecule is CCC1Oc2ccc([N+](=O)[O-])cc2N(CCN2CCCC2)C1=O. The van der Waals surface area contributed by atoms with Gasteiger partial charge >= 0.3 is 0 Å². The normalized spacial score (nSPS) is 21.2. The first kappa shape index (κ1) is 15.7. The Morgan fingerprint density at radius 3 is 2.70 bits per heavy atom. The number of amides is 1. The van der Waals surface area contributed by atoms with Gasteiger partial charge in [-0.15, -0.1) is 0 Å². The van der Waals surface area contributed by atoms with Crippen LogP contribution >= 0.6 is 0 Å². The van der Waals surface area contributed by atoms with Gasteiger partial charge in [0.25, 0.3) is 11.6 Å². The summed E-state index contributed by atoms with van der Waals surface area (Å²) in [7, 11) is 0. The smallest absolute Gasteiger partial charge is 0.271 e. The van der Waals surface area contributed by atoms with Gasteiger partial charge in [0.05, 0.1) is 10.6 Å². The Kier molecular flexibility index (Phi) is 4.47. The minimum atomic E-state index is -0.512. The second-order valence-corrected chi connectivity index (χ2v) is 5.96. The van der Waals surface area contributed by atoms with E-state index in [1.54, 1.807) is 11.0 Å². The maximum absolute atomic E-state index is 12.6. The third-order valence-electron chi connectivity index (χ3n) is 4.46. The molecule has 3 rings (SSSR count). The van der Waals surface area contributed by atoms with Crippen molar-refractivity contribution in [3.8, 4) is 5.75 Å². The molecule has 1 saturated heterocycles. The van der Waals surface area contributed by atoms with Crippen LogP contribution in [0.4, 0.5) is 11.4 Å². The average Bonchev–Trinajstić information content (AvgIpc) is 3.06. The van der Waals surface area contributed by atoms with Crippen LogP contribution < -0.4 is 9.64 Å². The summed E-state index contributed by atoms with van der Waals surface area (Å²) in [6.45, 7) is 5.32. The van der Waals surface area contributed by atoms with E-state index in [1.807, 2.05) is 6.92 Å². The molecule has 124 valence electrons. The second kappa shape index (κ2) is 6.54. The second-order valence-electron chi connectivity index (χ2n) is 5.96. The van der Waals surface area contributed by atoms with Gasteiger partial charge in [0.1, 0.15) is 5.75 Å². The quantitative estimate of drug-likeness (QED) is 0.614. The Bertz CT molecular complexity index is 613. The Labute approximate surface area is 135 Å². The summed E-state index contributed by atoms with van der Waals surface area (Å²) in [5.74, 6) is 0.433. The molecule has 1 aromatic rings. The van der Waals surface area contributed by atoms with Crippen LogP contribution in [0.2, 0.25) is 0 Å². The Morgan fingerprint density at radius 2 is 2.04 bits per heavy atom. The van der Waals surface area contributed by atoms with E-state index in [9.17, 15) is 14.9 Å². The summed E-state index contributed by atoms with van der Waals surface area (Å²) in [6.07, 6.45) is 2.45. The molecule has 2 aliphatic rings. The number of nitro benzene ring substituents is 1. The molecule has 7 heteroatoms. The fraction of sp³-hybridized carbons (Fsp3) is 0.562. The van der Waals surface area contributed by atoms with Crippen LogP contribution in [0, 0.1) is 10.1 Å². The number of nitrogens with zero attached hydrogens (tertiary/aromatic N) is 3. The van der Waals surface area contributed by atoms with Crippen molar-refractivity contribution in [1.29, 1.82) is 0 Å². The van der Waals surface area contributed by atoms with Crippen LogP contribution in [0.1, 0.15) is 26.2 Å². The third kappa shape index (κ3) is 3.14. The zero-order valence-corrected chi connectivity index (χ0v) is 13.2. The van der Waals surface area contributed by atoms with Crippen molar-refractivity contribution >= 4 is 17.3 Å². The van der Waals surface area contributed by atoms with Gasteiger partial charge in [0, 0.05) is 25.2 Å². The van der Waals surface area contributed by atoms with Gasteiger partial charge < -0.3 is 14.5 Å². The van der Waals surface area contributed by atoms with Crippen molar-refractivity contribution in [1.82, 2.24) is 4.90 Å². The summed E-state index contributed by atoms with van der Waals surface area (Å²) >= 11 is 0. The van der Waals surface area contributed by atoms with Crippen molar-refractivity contribution in [2.45, 2.75) is 32.3 Å². The number of hydrogen-bond donors (Lipinski definition) is 0. The molecule has 2 aliphatic heterocycles. The molecule has 0 spiro atoms. The number of carbonyl (C=O) groups is 1. The molecule has 1 amide bonds. The van der Waals surface area contributed by atoms with Gasteiger partial charge in [-0.1, -0.05) is 6.92 Å². The van der Waals surface area contributed by atoms with Crippen molar-refractivity contribution < 1.29 is 14.5 Å². The number of ether oxygens (including phenoxy) is 1. The Morgan fingerprint density at radius 1 is 1.30 bits per heavy atom. The number of carbonyl (C=O) groups excluding carboxylic acids is 1. The van der Waals surface area contributed by atoms with Gasteiger partial charge in [0.15, 0.2) is 6.10 Å². The highest BCUT2D eigenvalue weighted by molar-refractivity contribution is 6.00. The number of nitro groups is 1. The molecular formula is C16H21N3O4. The van der Waals surface area contributed by atoms with Crippen molar-refractivity contribution in [2.75, 3.05) is 31.1 Å². The third-order valence-corrected chi connectivity index (χ3v) is 4.46. The number of anilines is 1. The predicted octanol–water partition coefficient (Wildman–Crippen LogP) is 2.19. The molecule has 0 radical (unpaired) electrons. The molecule has 0 aromatic heterocycles. The van der Waals surface area contributed by atoms with Crippen LogP contribution in [0.25, 0.3) is 0 Å². The average molecular weight is 319 g/mol. The molecule has 7 nitrogen and oxygen atoms in total. The lowest BCUT2D eigenvalue weighted by Crippen LogP contribution is -2.48. The molecule has 23 heavy (non-hydrogen) atoms. The van der Waals surface area contributed by atoms with Gasteiger partial charge in [0.2, 0.25) is 0 Å².